The molecule has 1 fully saturated rings. The number of sulfone groups is 1. The van der Waals surface area contributed by atoms with Crippen LogP contribution in [0.2, 0.25) is 0 Å². The minimum atomic E-state index is -2.92. The van der Waals surface area contributed by atoms with E-state index in [4.69, 9.17) is 0 Å². The number of nitrogens with one attached hydrogen (secondary N) is 1. The highest BCUT2D eigenvalue weighted by atomic mass is 32.2. The van der Waals surface area contributed by atoms with Gasteiger partial charge in [0, 0.05) is 17.1 Å². The van der Waals surface area contributed by atoms with E-state index in [1.807, 2.05) is 24.3 Å². The van der Waals surface area contributed by atoms with Gasteiger partial charge in [0.1, 0.15) is 0 Å². The van der Waals surface area contributed by atoms with Crippen LogP contribution in [0.3, 0.4) is 0 Å². The Balaban J connectivity index is 1.91. The SMILES string of the molecule is O=S1(=O)CCC(N=Cc2c(O)[nH]c3ccccc23)C1. The van der Waals surface area contributed by atoms with Crippen molar-refractivity contribution < 1.29 is 13.5 Å². The molecule has 1 aliphatic heterocycles. The quantitative estimate of drug-likeness (QED) is 0.816. The monoisotopic (exact) mass is 278 g/mol. The maximum absolute atomic E-state index is 11.4. The normalized spacial score (nSPS) is 22.4. The van der Waals surface area contributed by atoms with E-state index in [0.29, 0.717) is 12.0 Å². The highest BCUT2D eigenvalue weighted by molar-refractivity contribution is 7.91. The zero-order valence-electron chi connectivity index (χ0n) is 10.2. The van der Waals surface area contributed by atoms with E-state index >= 15 is 0 Å². The summed E-state index contributed by atoms with van der Waals surface area (Å²) in [4.78, 5) is 7.15. The summed E-state index contributed by atoms with van der Waals surface area (Å²) in [6, 6.07) is 7.32. The van der Waals surface area contributed by atoms with Crippen molar-refractivity contribution in [2.24, 2.45) is 4.99 Å². The van der Waals surface area contributed by atoms with E-state index in [1.165, 1.54) is 0 Å². The number of aromatic hydroxyl groups is 1. The molecule has 1 saturated heterocycles. The third-order valence-electron chi connectivity index (χ3n) is 3.35. The first-order chi connectivity index (χ1) is 9.05. The lowest BCUT2D eigenvalue weighted by Crippen LogP contribution is -2.07. The minimum absolute atomic E-state index is 0.0609. The predicted molar refractivity (Wildman–Crippen MR) is 74.6 cm³/mol. The molecule has 5 nitrogen and oxygen atoms in total. The summed E-state index contributed by atoms with van der Waals surface area (Å²) < 4.78 is 22.7. The molecule has 2 aromatic rings. The molecule has 1 unspecified atom stereocenters. The fraction of sp³-hybridized carbons (Fsp3) is 0.308. The number of aromatic nitrogens is 1. The zero-order valence-corrected chi connectivity index (χ0v) is 11.0. The molecule has 1 aliphatic rings. The molecule has 19 heavy (non-hydrogen) atoms. The lowest BCUT2D eigenvalue weighted by molar-refractivity contribution is 0.457. The van der Waals surface area contributed by atoms with E-state index in [9.17, 15) is 13.5 Å². The van der Waals surface area contributed by atoms with Gasteiger partial charge in [-0.25, -0.2) is 8.42 Å². The first-order valence-corrected chi connectivity index (χ1v) is 7.90. The third kappa shape index (κ3) is 2.35. The molecule has 1 aromatic carbocycles. The van der Waals surface area contributed by atoms with Crippen LogP contribution < -0.4 is 0 Å². The number of hydrogen-bond acceptors (Lipinski definition) is 4. The number of hydrogen-bond donors (Lipinski definition) is 2. The Hall–Kier alpha value is -1.82. The van der Waals surface area contributed by atoms with Crippen LogP contribution >= 0.6 is 0 Å². The average Bonchev–Trinajstić information content (AvgIpc) is 2.86. The molecule has 0 spiro atoms. The topological polar surface area (TPSA) is 82.5 Å². The van der Waals surface area contributed by atoms with Crippen LogP contribution in [0.4, 0.5) is 0 Å². The van der Waals surface area contributed by atoms with Crippen LogP contribution in [0.25, 0.3) is 10.9 Å². The van der Waals surface area contributed by atoms with Crippen molar-refractivity contribution in [2.45, 2.75) is 12.5 Å². The van der Waals surface area contributed by atoms with Gasteiger partial charge >= 0.3 is 0 Å². The van der Waals surface area contributed by atoms with Gasteiger partial charge < -0.3 is 10.1 Å². The largest absolute Gasteiger partial charge is 0.494 e. The standard InChI is InChI=1S/C13H14N2O3S/c16-13-11(10-3-1-2-4-12(10)15-13)7-14-9-5-6-19(17,18)8-9/h1-4,7,9,15-16H,5-6,8H2. The summed E-state index contributed by atoms with van der Waals surface area (Å²) in [6.45, 7) is 0. The summed E-state index contributed by atoms with van der Waals surface area (Å²) in [6.07, 6.45) is 2.13. The Morgan fingerprint density at radius 1 is 1.37 bits per heavy atom. The number of para-hydroxylation sites is 1. The van der Waals surface area contributed by atoms with E-state index in [0.717, 1.165) is 10.9 Å². The number of H-pyrrole nitrogens is 1. The highest BCUT2D eigenvalue weighted by Crippen LogP contribution is 2.25. The smallest absolute Gasteiger partial charge is 0.198 e. The lowest BCUT2D eigenvalue weighted by atomic mass is 10.2. The first kappa shape index (κ1) is 12.2. The van der Waals surface area contributed by atoms with Gasteiger partial charge in [-0.15, -0.1) is 0 Å². The fourth-order valence-electron chi connectivity index (χ4n) is 2.35. The predicted octanol–water partition coefficient (Wildman–Crippen LogP) is 1.48. The van der Waals surface area contributed by atoms with Crippen LogP contribution in [-0.4, -0.2) is 42.3 Å². The van der Waals surface area contributed by atoms with E-state index in [2.05, 4.69) is 9.98 Å². The number of aliphatic imine (C=N–C) groups is 1. The second-order valence-electron chi connectivity index (χ2n) is 4.77. The van der Waals surface area contributed by atoms with Crippen LogP contribution in [0.15, 0.2) is 29.3 Å². The van der Waals surface area contributed by atoms with Gasteiger partial charge in [0.25, 0.3) is 0 Å². The number of nitrogens with zero attached hydrogens (tertiary/aromatic N) is 1. The van der Waals surface area contributed by atoms with Gasteiger partial charge in [0.2, 0.25) is 0 Å². The van der Waals surface area contributed by atoms with Crippen LogP contribution in [-0.2, 0) is 9.84 Å². The maximum atomic E-state index is 11.4. The zero-order chi connectivity index (χ0) is 13.5. The second kappa shape index (κ2) is 4.38. The van der Waals surface area contributed by atoms with E-state index in [1.54, 1.807) is 6.21 Å². The van der Waals surface area contributed by atoms with Crippen molar-refractivity contribution >= 4 is 27.0 Å². The Kier molecular flexibility index (Phi) is 2.82. The van der Waals surface area contributed by atoms with Crippen molar-refractivity contribution in [1.82, 2.24) is 4.98 Å². The Morgan fingerprint density at radius 2 is 2.16 bits per heavy atom. The third-order valence-corrected chi connectivity index (χ3v) is 5.10. The molecular formula is C13H14N2O3S. The molecule has 2 N–H and O–H groups in total. The van der Waals surface area contributed by atoms with E-state index in [-0.39, 0.29) is 23.4 Å². The summed E-state index contributed by atoms with van der Waals surface area (Å²) in [7, 11) is -2.92. The lowest BCUT2D eigenvalue weighted by Gasteiger charge is -1.99. The summed E-state index contributed by atoms with van der Waals surface area (Å²) >= 11 is 0. The summed E-state index contributed by atoms with van der Waals surface area (Å²) in [5, 5.41) is 10.7. The Morgan fingerprint density at radius 3 is 2.89 bits per heavy atom. The molecule has 0 saturated carbocycles. The Bertz CT molecular complexity index is 746. The van der Waals surface area contributed by atoms with Crippen molar-refractivity contribution in [3.05, 3.63) is 29.8 Å². The molecule has 6 heteroatoms. The molecule has 0 radical (unpaired) electrons. The van der Waals surface area contributed by atoms with Crippen LogP contribution in [0, 0.1) is 0 Å². The van der Waals surface area contributed by atoms with Crippen LogP contribution in [0.5, 0.6) is 5.88 Å². The molecule has 0 aliphatic carbocycles. The molecule has 1 aromatic heterocycles. The number of benzene rings is 1. The van der Waals surface area contributed by atoms with Gasteiger partial charge in [-0.05, 0) is 12.5 Å². The molecular weight excluding hydrogens is 264 g/mol. The summed E-state index contributed by atoms with van der Waals surface area (Å²) in [5.41, 5.74) is 1.44. The van der Waals surface area contributed by atoms with Crippen LogP contribution in [0.1, 0.15) is 12.0 Å². The van der Waals surface area contributed by atoms with Crippen molar-refractivity contribution in [2.75, 3.05) is 11.5 Å². The van der Waals surface area contributed by atoms with Gasteiger partial charge in [-0.1, -0.05) is 18.2 Å². The highest BCUT2D eigenvalue weighted by Gasteiger charge is 2.27. The average molecular weight is 278 g/mol. The number of fused-ring (bicyclic) bond motifs is 1. The molecule has 1 atom stereocenters. The minimum Gasteiger partial charge on any atom is -0.494 e. The first-order valence-electron chi connectivity index (χ1n) is 6.08. The molecule has 3 rings (SSSR count). The van der Waals surface area contributed by atoms with Crippen molar-refractivity contribution in [1.29, 1.82) is 0 Å². The maximum Gasteiger partial charge on any atom is 0.198 e. The van der Waals surface area contributed by atoms with Gasteiger partial charge in [-0.2, -0.15) is 0 Å². The fourth-order valence-corrected chi connectivity index (χ4v) is 3.99. The molecule has 0 amide bonds. The molecule has 0 bridgehead atoms. The van der Waals surface area contributed by atoms with Crippen molar-refractivity contribution in [3.63, 3.8) is 0 Å². The Labute approximate surface area is 110 Å². The van der Waals surface area contributed by atoms with Gasteiger partial charge in [-0.3, -0.25) is 4.99 Å². The van der Waals surface area contributed by atoms with Gasteiger partial charge in [0.15, 0.2) is 15.7 Å². The molecule has 100 valence electrons. The number of rotatable bonds is 2. The van der Waals surface area contributed by atoms with Gasteiger partial charge in [0.05, 0.1) is 23.1 Å². The van der Waals surface area contributed by atoms with Crippen molar-refractivity contribution in [3.8, 4) is 5.88 Å². The summed E-state index contributed by atoms with van der Waals surface area (Å²) in [5.74, 6) is 0.368. The number of aromatic amines is 1. The van der Waals surface area contributed by atoms with E-state index < -0.39 is 9.84 Å². The molecule has 2 heterocycles. The second-order valence-corrected chi connectivity index (χ2v) is 7.00.